The summed E-state index contributed by atoms with van der Waals surface area (Å²) in [4.78, 5) is 2.38. The van der Waals surface area contributed by atoms with E-state index in [-0.39, 0.29) is 0 Å². The third kappa shape index (κ3) is 2.64. The second-order valence-electron chi connectivity index (χ2n) is 3.21. The van der Waals surface area contributed by atoms with Crippen LogP contribution in [0.3, 0.4) is 0 Å². The zero-order valence-electron chi connectivity index (χ0n) is 7.34. The first kappa shape index (κ1) is 8.75. The predicted molar refractivity (Wildman–Crippen MR) is 48.7 cm³/mol. The van der Waals surface area contributed by atoms with E-state index in [1.807, 2.05) is 6.08 Å². The van der Waals surface area contributed by atoms with E-state index in [2.05, 4.69) is 23.8 Å². The minimum absolute atomic E-state index is 0.772. The quantitative estimate of drug-likeness (QED) is 0.606. The molecule has 1 fully saturated rings. The van der Waals surface area contributed by atoms with Gasteiger partial charge in [-0.1, -0.05) is 6.08 Å². The van der Waals surface area contributed by atoms with Crippen LogP contribution in [0.1, 0.15) is 12.8 Å². The van der Waals surface area contributed by atoms with E-state index in [9.17, 15) is 0 Å². The molecule has 64 valence electrons. The molecule has 0 aromatic rings. The van der Waals surface area contributed by atoms with Crippen molar-refractivity contribution in [2.24, 2.45) is 0 Å². The summed E-state index contributed by atoms with van der Waals surface area (Å²) in [6, 6.07) is 0.772. The maximum atomic E-state index is 3.74. The molecule has 0 aliphatic carbocycles. The Kier molecular flexibility index (Phi) is 3.60. The number of hydrogen-bond donors (Lipinski definition) is 1. The molecule has 0 bridgehead atoms. The van der Waals surface area contributed by atoms with E-state index in [4.69, 9.17) is 0 Å². The second kappa shape index (κ2) is 4.52. The molecule has 1 rings (SSSR count). The van der Waals surface area contributed by atoms with Crippen LogP contribution >= 0.6 is 0 Å². The van der Waals surface area contributed by atoms with Crippen LogP contribution in [-0.4, -0.2) is 37.6 Å². The molecule has 0 radical (unpaired) electrons. The lowest BCUT2D eigenvalue weighted by atomic mass is 10.1. The second-order valence-corrected chi connectivity index (χ2v) is 3.21. The van der Waals surface area contributed by atoms with Crippen molar-refractivity contribution in [3.8, 4) is 0 Å². The zero-order valence-corrected chi connectivity index (χ0v) is 7.34. The first-order valence-electron chi connectivity index (χ1n) is 4.36. The number of likely N-dealkylation sites (N-methyl/N-ethyl adjacent to an activating group) is 1. The molecular formula is C9H18N2. The van der Waals surface area contributed by atoms with Gasteiger partial charge in [0.2, 0.25) is 0 Å². The summed E-state index contributed by atoms with van der Waals surface area (Å²) in [5.41, 5.74) is 0. The van der Waals surface area contributed by atoms with Gasteiger partial charge in [0, 0.05) is 12.6 Å². The molecule has 2 heteroatoms. The van der Waals surface area contributed by atoms with Crippen LogP contribution in [0.15, 0.2) is 12.7 Å². The maximum absolute atomic E-state index is 3.74. The number of nitrogens with zero attached hydrogens (tertiary/aromatic N) is 1. The highest BCUT2D eigenvalue weighted by molar-refractivity contribution is 4.80. The number of piperidine rings is 1. The van der Waals surface area contributed by atoms with Crippen LogP contribution in [0.4, 0.5) is 0 Å². The third-order valence-electron chi connectivity index (χ3n) is 2.35. The smallest absolute Gasteiger partial charge is 0.0160 e. The first-order valence-corrected chi connectivity index (χ1v) is 4.36. The van der Waals surface area contributed by atoms with Gasteiger partial charge in [-0.3, -0.25) is 4.90 Å². The molecule has 0 spiro atoms. The molecule has 0 amide bonds. The van der Waals surface area contributed by atoms with Crippen molar-refractivity contribution in [3.05, 3.63) is 12.7 Å². The molecule has 1 aliphatic heterocycles. The summed E-state index contributed by atoms with van der Waals surface area (Å²) in [6.07, 6.45) is 4.54. The van der Waals surface area contributed by atoms with Crippen molar-refractivity contribution >= 4 is 0 Å². The summed E-state index contributed by atoms with van der Waals surface area (Å²) < 4.78 is 0. The molecule has 0 aromatic carbocycles. The average Bonchev–Trinajstić information content (AvgIpc) is 2.07. The maximum Gasteiger partial charge on any atom is 0.0160 e. The van der Waals surface area contributed by atoms with Gasteiger partial charge in [0.1, 0.15) is 0 Å². The van der Waals surface area contributed by atoms with Crippen LogP contribution in [-0.2, 0) is 0 Å². The highest BCUT2D eigenvalue weighted by atomic mass is 15.1. The average molecular weight is 154 g/mol. The molecule has 11 heavy (non-hydrogen) atoms. The molecule has 1 N–H and O–H groups in total. The minimum Gasteiger partial charge on any atom is -0.317 e. The molecule has 0 atom stereocenters. The fourth-order valence-electron chi connectivity index (χ4n) is 1.60. The van der Waals surface area contributed by atoms with E-state index in [1.54, 1.807) is 0 Å². The predicted octanol–water partition coefficient (Wildman–Crippen LogP) is 0.856. The number of nitrogens with one attached hydrogen (secondary N) is 1. The zero-order chi connectivity index (χ0) is 8.10. The van der Waals surface area contributed by atoms with Crippen molar-refractivity contribution in [2.45, 2.75) is 18.9 Å². The molecular weight excluding hydrogens is 136 g/mol. The third-order valence-corrected chi connectivity index (χ3v) is 2.35. The summed E-state index contributed by atoms with van der Waals surface area (Å²) >= 11 is 0. The Hall–Kier alpha value is -0.340. The number of hydrogen-bond acceptors (Lipinski definition) is 2. The monoisotopic (exact) mass is 154 g/mol. The van der Waals surface area contributed by atoms with Gasteiger partial charge in [0.05, 0.1) is 0 Å². The Morgan fingerprint density at radius 1 is 1.55 bits per heavy atom. The van der Waals surface area contributed by atoms with Gasteiger partial charge < -0.3 is 5.32 Å². The Morgan fingerprint density at radius 3 is 2.73 bits per heavy atom. The van der Waals surface area contributed by atoms with Gasteiger partial charge in [-0.25, -0.2) is 0 Å². The molecule has 0 saturated carbocycles. The van der Waals surface area contributed by atoms with Crippen LogP contribution in [0, 0.1) is 0 Å². The van der Waals surface area contributed by atoms with Crippen LogP contribution in [0.5, 0.6) is 0 Å². The van der Waals surface area contributed by atoms with Crippen LogP contribution in [0.2, 0.25) is 0 Å². The molecule has 1 aliphatic rings. The Balaban J connectivity index is 2.26. The van der Waals surface area contributed by atoms with Crippen molar-refractivity contribution in [1.82, 2.24) is 10.2 Å². The largest absolute Gasteiger partial charge is 0.317 e. The molecule has 0 unspecified atom stereocenters. The fraction of sp³-hybridized carbons (Fsp3) is 0.778. The fourth-order valence-corrected chi connectivity index (χ4v) is 1.60. The van der Waals surface area contributed by atoms with Gasteiger partial charge >= 0.3 is 0 Å². The highest BCUT2D eigenvalue weighted by Crippen LogP contribution is 2.08. The summed E-state index contributed by atoms with van der Waals surface area (Å²) in [7, 11) is 2.18. The van der Waals surface area contributed by atoms with Crippen LogP contribution < -0.4 is 5.32 Å². The minimum atomic E-state index is 0.772. The topological polar surface area (TPSA) is 15.3 Å². The Bertz CT molecular complexity index is 117. The van der Waals surface area contributed by atoms with Crippen molar-refractivity contribution in [1.29, 1.82) is 0 Å². The van der Waals surface area contributed by atoms with Crippen molar-refractivity contribution in [3.63, 3.8) is 0 Å². The molecule has 1 heterocycles. The van der Waals surface area contributed by atoms with Crippen molar-refractivity contribution < 1.29 is 0 Å². The van der Waals surface area contributed by atoms with Gasteiger partial charge in [-0.15, -0.1) is 6.58 Å². The van der Waals surface area contributed by atoms with E-state index in [0.29, 0.717) is 0 Å². The lowest BCUT2D eigenvalue weighted by Gasteiger charge is -2.30. The molecule has 0 aromatic heterocycles. The van der Waals surface area contributed by atoms with E-state index in [0.717, 1.165) is 12.6 Å². The Morgan fingerprint density at radius 2 is 2.18 bits per heavy atom. The standard InChI is InChI=1S/C9H18N2/c1-3-8-11(2)9-4-6-10-7-5-9/h3,9-10H,1,4-8H2,2H3. The lowest BCUT2D eigenvalue weighted by Crippen LogP contribution is -2.41. The van der Waals surface area contributed by atoms with E-state index < -0.39 is 0 Å². The molecule has 2 nitrogen and oxygen atoms in total. The van der Waals surface area contributed by atoms with E-state index >= 15 is 0 Å². The molecule has 1 saturated heterocycles. The van der Waals surface area contributed by atoms with Gasteiger partial charge in [0.25, 0.3) is 0 Å². The highest BCUT2D eigenvalue weighted by Gasteiger charge is 2.15. The Labute approximate surface area is 69.3 Å². The van der Waals surface area contributed by atoms with Crippen LogP contribution in [0.25, 0.3) is 0 Å². The first-order chi connectivity index (χ1) is 5.34. The van der Waals surface area contributed by atoms with E-state index in [1.165, 1.54) is 25.9 Å². The van der Waals surface area contributed by atoms with Gasteiger partial charge in [0.15, 0.2) is 0 Å². The summed E-state index contributed by atoms with van der Waals surface area (Å²) in [5.74, 6) is 0. The lowest BCUT2D eigenvalue weighted by molar-refractivity contribution is 0.217. The number of rotatable bonds is 3. The normalized spacial score (nSPS) is 20.5. The van der Waals surface area contributed by atoms with Gasteiger partial charge in [-0.2, -0.15) is 0 Å². The van der Waals surface area contributed by atoms with Crippen molar-refractivity contribution in [2.75, 3.05) is 26.7 Å². The summed E-state index contributed by atoms with van der Waals surface area (Å²) in [6.45, 7) is 7.10. The summed E-state index contributed by atoms with van der Waals surface area (Å²) in [5, 5.41) is 3.36. The SMILES string of the molecule is C=CCN(C)C1CCNCC1. The van der Waals surface area contributed by atoms with Gasteiger partial charge in [-0.05, 0) is 33.0 Å².